The van der Waals surface area contributed by atoms with Crippen molar-refractivity contribution in [2.24, 2.45) is 0 Å². The van der Waals surface area contributed by atoms with Crippen LogP contribution >= 0.6 is 11.8 Å². The maximum atomic E-state index is 3.57. The average Bonchev–Trinajstić information content (AvgIpc) is 2.65. The van der Waals surface area contributed by atoms with Crippen molar-refractivity contribution >= 4 is 17.4 Å². The van der Waals surface area contributed by atoms with E-state index in [0.29, 0.717) is 6.04 Å². The minimum Gasteiger partial charge on any atom is -0.381 e. The van der Waals surface area contributed by atoms with Crippen molar-refractivity contribution in [2.75, 3.05) is 31.7 Å². The van der Waals surface area contributed by atoms with Gasteiger partial charge in [0, 0.05) is 23.2 Å². The minimum absolute atomic E-state index is 0.620. The van der Waals surface area contributed by atoms with Crippen LogP contribution in [0.25, 0.3) is 0 Å². The third kappa shape index (κ3) is 2.89. The summed E-state index contributed by atoms with van der Waals surface area (Å²) in [6, 6.07) is 9.31. The lowest BCUT2D eigenvalue weighted by Gasteiger charge is -2.14. The van der Waals surface area contributed by atoms with Crippen LogP contribution in [-0.2, 0) is 0 Å². The number of likely N-dealkylation sites (N-methyl/N-ethyl adjacent to an activating group) is 1. The van der Waals surface area contributed by atoms with E-state index in [-0.39, 0.29) is 0 Å². The number of anilines is 1. The highest BCUT2D eigenvalue weighted by Crippen LogP contribution is 2.19. The summed E-state index contributed by atoms with van der Waals surface area (Å²) in [5, 5.41) is 3.57. The first kappa shape index (κ1) is 10.8. The first-order chi connectivity index (χ1) is 7.28. The fourth-order valence-electron chi connectivity index (χ4n) is 1.98. The molecule has 1 N–H and O–H groups in total. The molecule has 2 rings (SSSR count). The van der Waals surface area contributed by atoms with Crippen LogP contribution in [-0.4, -0.2) is 37.3 Å². The van der Waals surface area contributed by atoms with Gasteiger partial charge in [-0.05, 0) is 50.5 Å². The van der Waals surface area contributed by atoms with Crippen LogP contribution in [0.5, 0.6) is 0 Å². The lowest BCUT2D eigenvalue weighted by molar-refractivity contribution is 0.414. The molecule has 1 aromatic carbocycles. The summed E-state index contributed by atoms with van der Waals surface area (Å²) < 4.78 is 0. The largest absolute Gasteiger partial charge is 0.381 e. The van der Waals surface area contributed by atoms with Crippen molar-refractivity contribution in [3.05, 3.63) is 24.3 Å². The second-order valence-electron chi connectivity index (χ2n) is 4.12. The Labute approximate surface area is 96.0 Å². The Bertz CT molecular complexity index is 310. The summed E-state index contributed by atoms with van der Waals surface area (Å²) >= 11 is 1.78. The van der Waals surface area contributed by atoms with E-state index in [1.165, 1.54) is 23.5 Å². The van der Waals surface area contributed by atoms with Crippen molar-refractivity contribution in [1.82, 2.24) is 4.90 Å². The molecule has 1 aromatic rings. The van der Waals surface area contributed by atoms with Crippen LogP contribution in [0.3, 0.4) is 0 Å². The summed E-state index contributed by atoms with van der Waals surface area (Å²) in [5.74, 6) is 0. The van der Waals surface area contributed by atoms with Gasteiger partial charge >= 0.3 is 0 Å². The minimum atomic E-state index is 0.620. The Morgan fingerprint density at radius 2 is 2.07 bits per heavy atom. The second-order valence-corrected chi connectivity index (χ2v) is 5.00. The maximum absolute atomic E-state index is 3.57. The van der Waals surface area contributed by atoms with Gasteiger partial charge in [-0.1, -0.05) is 0 Å². The van der Waals surface area contributed by atoms with E-state index in [2.05, 4.69) is 47.8 Å². The SMILES string of the molecule is CSc1ccc(NC2CCN(C)C2)cc1. The molecule has 0 saturated carbocycles. The zero-order valence-corrected chi connectivity index (χ0v) is 10.2. The topological polar surface area (TPSA) is 15.3 Å². The van der Waals surface area contributed by atoms with E-state index in [0.717, 1.165) is 6.54 Å². The van der Waals surface area contributed by atoms with Gasteiger partial charge in [0.1, 0.15) is 0 Å². The molecule has 1 unspecified atom stereocenters. The molecule has 1 fully saturated rings. The third-order valence-corrected chi connectivity index (χ3v) is 3.60. The summed E-state index contributed by atoms with van der Waals surface area (Å²) in [6.45, 7) is 2.37. The van der Waals surface area contributed by atoms with Crippen LogP contribution in [0, 0.1) is 0 Å². The summed E-state index contributed by atoms with van der Waals surface area (Å²) in [4.78, 5) is 3.69. The number of nitrogens with zero attached hydrogens (tertiary/aromatic N) is 1. The number of benzene rings is 1. The van der Waals surface area contributed by atoms with E-state index in [1.807, 2.05) is 0 Å². The number of hydrogen-bond acceptors (Lipinski definition) is 3. The van der Waals surface area contributed by atoms with E-state index in [4.69, 9.17) is 0 Å². The van der Waals surface area contributed by atoms with Crippen LogP contribution in [0.2, 0.25) is 0 Å². The third-order valence-electron chi connectivity index (χ3n) is 2.85. The Morgan fingerprint density at radius 1 is 1.33 bits per heavy atom. The summed E-state index contributed by atoms with van der Waals surface area (Å²) in [5.41, 5.74) is 1.24. The van der Waals surface area contributed by atoms with Crippen molar-refractivity contribution < 1.29 is 0 Å². The maximum Gasteiger partial charge on any atom is 0.0400 e. The first-order valence-corrected chi connectivity index (χ1v) is 6.59. The van der Waals surface area contributed by atoms with E-state index in [9.17, 15) is 0 Å². The highest BCUT2D eigenvalue weighted by atomic mass is 32.2. The summed E-state index contributed by atoms with van der Waals surface area (Å²) in [6.07, 6.45) is 3.36. The Kier molecular flexibility index (Phi) is 3.54. The zero-order valence-electron chi connectivity index (χ0n) is 9.36. The van der Waals surface area contributed by atoms with Crippen LogP contribution in [0.1, 0.15) is 6.42 Å². The molecule has 82 valence electrons. The number of hydrogen-bond donors (Lipinski definition) is 1. The Balaban J connectivity index is 1.93. The van der Waals surface area contributed by atoms with Crippen LogP contribution in [0.15, 0.2) is 29.2 Å². The van der Waals surface area contributed by atoms with E-state index >= 15 is 0 Å². The fraction of sp³-hybridized carbons (Fsp3) is 0.500. The average molecular weight is 222 g/mol. The van der Waals surface area contributed by atoms with Crippen LogP contribution < -0.4 is 5.32 Å². The van der Waals surface area contributed by atoms with E-state index < -0.39 is 0 Å². The molecule has 0 radical (unpaired) electrons. The fourth-order valence-corrected chi connectivity index (χ4v) is 2.38. The standard InChI is InChI=1S/C12H18N2S/c1-14-8-7-11(9-14)13-10-3-5-12(15-2)6-4-10/h3-6,11,13H,7-9H2,1-2H3. The molecule has 0 aliphatic carbocycles. The van der Waals surface area contributed by atoms with Gasteiger partial charge in [-0.2, -0.15) is 0 Å². The van der Waals surface area contributed by atoms with Gasteiger partial charge in [-0.25, -0.2) is 0 Å². The molecule has 1 atom stereocenters. The molecule has 1 saturated heterocycles. The van der Waals surface area contributed by atoms with E-state index in [1.54, 1.807) is 11.8 Å². The molecule has 1 heterocycles. The molecule has 15 heavy (non-hydrogen) atoms. The summed E-state index contributed by atoms with van der Waals surface area (Å²) in [7, 11) is 2.18. The predicted molar refractivity (Wildman–Crippen MR) is 67.7 cm³/mol. The van der Waals surface area contributed by atoms with Gasteiger partial charge < -0.3 is 10.2 Å². The number of nitrogens with one attached hydrogen (secondary N) is 1. The smallest absolute Gasteiger partial charge is 0.0400 e. The molecule has 0 bridgehead atoms. The molecular weight excluding hydrogens is 204 g/mol. The molecule has 1 aliphatic heterocycles. The quantitative estimate of drug-likeness (QED) is 0.791. The molecule has 1 aliphatic rings. The van der Waals surface area contributed by atoms with Crippen molar-refractivity contribution in [2.45, 2.75) is 17.4 Å². The highest BCUT2D eigenvalue weighted by molar-refractivity contribution is 7.98. The first-order valence-electron chi connectivity index (χ1n) is 5.37. The second kappa shape index (κ2) is 4.90. The molecule has 0 spiro atoms. The van der Waals surface area contributed by atoms with Gasteiger partial charge in [-0.3, -0.25) is 0 Å². The monoisotopic (exact) mass is 222 g/mol. The predicted octanol–water partition coefficient (Wildman–Crippen LogP) is 2.52. The van der Waals surface area contributed by atoms with Gasteiger partial charge in [0.25, 0.3) is 0 Å². The Hall–Kier alpha value is -0.670. The lowest BCUT2D eigenvalue weighted by atomic mass is 10.2. The molecule has 0 aromatic heterocycles. The Morgan fingerprint density at radius 3 is 2.60 bits per heavy atom. The van der Waals surface area contributed by atoms with Crippen molar-refractivity contribution in [3.8, 4) is 0 Å². The highest BCUT2D eigenvalue weighted by Gasteiger charge is 2.18. The van der Waals surface area contributed by atoms with Gasteiger partial charge in [0.05, 0.1) is 0 Å². The number of rotatable bonds is 3. The van der Waals surface area contributed by atoms with Crippen LogP contribution in [0.4, 0.5) is 5.69 Å². The number of likely N-dealkylation sites (tertiary alicyclic amines) is 1. The molecule has 3 heteroatoms. The van der Waals surface area contributed by atoms with Gasteiger partial charge in [0.2, 0.25) is 0 Å². The van der Waals surface area contributed by atoms with Crippen molar-refractivity contribution in [1.29, 1.82) is 0 Å². The molecule has 0 amide bonds. The molecular formula is C12H18N2S. The number of thioether (sulfide) groups is 1. The van der Waals surface area contributed by atoms with Gasteiger partial charge in [-0.15, -0.1) is 11.8 Å². The lowest BCUT2D eigenvalue weighted by Crippen LogP contribution is -2.23. The van der Waals surface area contributed by atoms with Crippen molar-refractivity contribution in [3.63, 3.8) is 0 Å². The normalized spacial score (nSPS) is 21.9. The zero-order chi connectivity index (χ0) is 10.7. The van der Waals surface area contributed by atoms with Gasteiger partial charge in [0.15, 0.2) is 0 Å². The molecule has 2 nitrogen and oxygen atoms in total.